The Labute approximate surface area is 144 Å². The molecule has 1 heterocycles. The molecule has 0 aliphatic rings. The van der Waals surface area contributed by atoms with Gasteiger partial charge in [-0.1, -0.05) is 72.8 Å². The Hall–Kier alpha value is -3.32. The van der Waals surface area contributed by atoms with E-state index in [9.17, 15) is 0 Å². The van der Waals surface area contributed by atoms with Crippen LogP contribution in [0.5, 0.6) is 0 Å². The summed E-state index contributed by atoms with van der Waals surface area (Å²) in [5.74, 6) is 0. The van der Waals surface area contributed by atoms with Crippen molar-refractivity contribution >= 4 is 43.3 Å². The van der Waals surface area contributed by atoms with Gasteiger partial charge in [-0.15, -0.1) is 0 Å². The zero-order valence-electron chi connectivity index (χ0n) is 13.5. The normalized spacial score (nSPS) is 12.0. The first-order valence-electron chi connectivity index (χ1n) is 8.53. The molecule has 116 valence electrons. The van der Waals surface area contributed by atoms with Crippen LogP contribution in [0.3, 0.4) is 0 Å². The smallest absolute Gasteiger partial charge is 0.134 e. The van der Waals surface area contributed by atoms with Crippen LogP contribution in [0.4, 0.5) is 0 Å². The number of fused-ring (bicyclic) bond motifs is 1. The minimum absolute atomic E-state index is 0.934. The van der Waals surface area contributed by atoms with Gasteiger partial charge in [0.05, 0.1) is 6.26 Å². The van der Waals surface area contributed by atoms with Crippen molar-refractivity contribution in [3.8, 4) is 11.1 Å². The molecule has 25 heavy (non-hydrogen) atoms. The third kappa shape index (κ3) is 1.67. The molecule has 0 radical (unpaired) electrons. The lowest BCUT2D eigenvalue weighted by Gasteiger charge is -2.13. The van der Waals surface area contributed by atoms with Crippen LogP contribution in [-0.2, 0) is 0 Å². The Bertz CT molecular complexity index is 1370. The van der Waals surface area contributed by atoms with Gasteiger partial charge in [-0.2, -0.15) is 0 Å². The van der Waals surface area contributed by atoms with E-state index in [1.165, 1.54) is 37.9 Å². The number of furan rings is 1. The van der Waals surface area contributed by atoms with Crippen LogP contribution in [0, 0.1) is 0 Å². The average molecular weight is 318 g/mol. The summed E-state index contributed by atoms with van der Waals surface area (Å²) in [4.78, 5) is 0. The van der Waals surface area contributed by atoms with E-state index in [1.807, 2.05) is 18.4 Å². The fourth-order valence-corrected chi connectivity index (χ4v) is 4.16. The van der Waals surface area contributed by atoms with Gasteiger partial charge in [-0.05, 0) is 43.9 Å². The number of hydrogen-bond acceptors (Lipinski definition) is 1. The predicted molar refractivity (Wildman–Crippen MR) is 105 cm³/mol. The molecule has 6 rings (SSSR count). The monoisotopic (exact) mass is 318 g/mol. The van der Waals surface area contributed by atoms with Crippen molar-refractivity contribution < 1.29 is 4.42 Å². The third-order valence-electron chi connectivity index (χ3n) is 5.30. The highest BCUT2D eigenvalue weighted by Gasteiger charge is 2.14. The molecule has 0 atom stereocenters. The standard InChI is InChI=1S/C24H14O/c1-2-7-22-19(6-1)21(14-25-22)18-12-10-17-9-8-15-4-3-5-16-11-13-20(18)24(17)23(15)16/h1-14H. The van der Waals surface area contributed by atoms with Crippen LogP contribution >= 0.6 is 0 Å². The Kier molecular flexibility index (Phi) is 2.40. The van der Waals surface area contributed by atoms with Crippen LogP contribution in [0.25, 0.3) is 54.4 Å². The van der Waals surface area contributed by atoms with Gasteiger partial charge in [0.2, 0.25) is 0 Å². The molecule has 1 aromatic heterocycles. The topological polar surface area (TPSA) is 13.1 Å². The van der Waals surface area contributed by atoms with Crippen molar-refractivity contribution in [1.82, 2.24) is 0 Å². The van der Waals surface area contributed by atoms with Gasteiger partial charge in [0, 0.05) is 10.9 Å². The summed E-state index contributed by atoms with van der Waals surface area (Å²) < 4.78 is 5.79. The van der Waals surface area contributed by atoms with Crippen molar-refractivity contribution in [1.29, 1.82) is 0 Å². The molecule has 0 amide bonds. The lowest BCUT2D eigenvalue weighted by Crippen LogP contribution is -1.86. The van der Waals surface area contributed by atoms with E-state index in [4.69, 9.17) is 4.42 Å². The summed E-state index contributed by atoms with van der Waals surface area (Å²) in [6.07, 6.45) is 1.89. The summed E-state index contributed by atoms with van der Waals surface area (Å²) in [6, 6.07) is 28.1. The maximum atomic E-state index is 5.79. The highest BCUT2D eigenvalue weighted by molar-refractivity contribution is 6.26. The van der Waals surface area contributed by atoms with Crippen LogP contribution < -0.4 is 0 Å². The minimum Gasteiger partial charge on any atom is -0.464 e. The predicted octanol–water partition coefficient (Wildman–Crippen LogP) is 7.00. The van der Waals surface area contributed by atoms with Gasteiger partial charge in [0.25, 0.3) is 0 Å². The van der Waals surface area contributed by atoms with E-state index in [-0.39, 0.29) is 0 Å². The summed E-state index contributed by atoms with van der Waals surface area (Å²) in [6.45, 7) is 0. The maximum absolute atomic E-state index is 5.79. The number of benzene rings is 5. The first kappa shape index (κ1) is 13.0. The molecular formula is C24H14O. The molecule has 0 spiro atoms. The minimum atomic E-state index is 0.934. The molecule has 0 bridgehead atoms. The molecule has 1 nitrogen and oxygen atoms in total. The molecule has 1 heteroatoms. The fraction of sp³-hybridized carbons (Fsp3) is 0. The summed E-state index contributed by atoms with van der Waals surface area (Å²) in [5.41, 5.74) is 3.33. The van der Waals surface area contributed by atoms with Gasteiger partial charge in [0.1, 0.15) is 5.58 Å². The fourth-order valence-electron chi connectivity index (χ4n) is 4.16. The largest absolute Gasteiger partial charge is 0.464 e. The second-order valence-corrected chi connectivity index (χ2v) is 6.61. The van der Waals surface area contributed by atoms with Crippen molar-refractivity contribution in [2.45, 2.75) is 0 Å². The van der Waals surface area contributed by atoms with Crippen molar-refractivity contribution in [3.63, 3.8) is 0 Å². The van der Waals surface area contributed by atoms with Gasteiger partial charge in [-0.3, -0.25) is 0 Å². The lowest BCUT2D eigenvalue weighted by molar-refractivity contribution is 0.617. The zero-order chi connectivity index (χ0) is 16.4. The van der Waals surface area contributed by atoms with E-state index in [0.29, 0.717) is 0 Å². The van der Waals surface area contributed by atoms with Gasteiger partial charge >= 0.3 is 0 Å². The van der Waals surface area contributed by atoms with Gasteiger partial charge in [-0.25, -0.2) is 0 Å². The number of rotatable bonds is 1. The summed E-state index contributed by atoms with van der Waals surface area (Å²) in [7, 11) is 0. The van der Waals surface area contributed by atoms with Gasteiger partial charge < -0.3 is 4.42 Å². The molecule has 0 N–H and O–H groups in total. The highest BCUT2D eigenvalue weighted by Crippen LogP contribution is 2.41. The number of para-hydroxylation sites is 1. The maximum Gasteiger partial charge on any atom is 0.134 e. The summed E-state index contributed by atoms with van der Waals surface area (Å²) >= 11 is 0. The van der Waals surface area contributed by atoms with Crippen molar-refractivity contribution in [2.75, 3.05) is 0 Å². The molecule has 6 aromatic rings. The van der Waals surface area contributed by atoms with Crippen LogP contribution in [0.1, 0.15) is 0 Å². The third-order valence-corrected chi connectivity index (χ3v) is 5.30. The molecule has 0 aliphatic heterocycles. The second-order valence-electron chi connectivity index (χ2n) is 6.61. The van der Waals surface area contributed by atoms with E-state index in [0.717, 1.165) is 16.5 Å². The molecule has 5 aromatic carbocycles. The van der Waals surface area contributed by atoms with E-state index >= 15 is 0 Å². The Morgan fingerprint density at radius 2 is 1.20 bits per heavy atom. The van der Waals surface area contributed by atoms with E-state index in [1.54, 1.807) is 0 Å². The average Bonchev–Trinajstić information content (AvgIpc) is 3.10. The Balaban J connectivity index is 1.82. The zero-order valence-corrected chi connectivity index (χ0v) is 13.5. The first-order valence-corrected chi connectivity index (χ1v) is 8.53. The molecular weight excluding hydrogens is 304 g/mol. The first-order chi connectivity index (χ1) is 12.4. The lowest BCUT2D eigenvalue weighted by atomic mass is 9.90. The quantitative estimate of drug-likeness (QED) is 0.297. The van der Waals surface area contributed by atoms with E-state index in [2.05, 4.69) is 66.7 Å². The molecule has 0 aliphatic carbocycles. The number of hydrogen-bond donors (Lipinski definition) is 0. The summed E-state index contributed by atoms with van der Waals surface area (Å²) in [5, 5.41) is 9.03. The van der Waals surface area contributed by atoms with Crippen molar-refractivity contribution in [3.05, 3.63) is 85.1 Å². The Morgan fingerprint density at radius 3 is 2.08 bits per heavy atom. The van der Waals surface area contributed by atoms with Gasteiger partial charge in [0.15, 0.2) is 0 Å². The highest BCUT2D eigenvalue weighted by atomic mass is 16.3. The Morgan fingerprint density at radius 1 is 0.480 bits per heavy atom. The molecule has 0 fully saturated rings. The van der Waals surface area contributed by atoms with Crippen LogP contribution in [0.2, 0.25) is 0 Å². The molecule has 0 unspecified atom stereocenters. The molecule has 0 saturated heterocycles. The van der Waals surface area contributed by atoms with Crippen molar-refractivity contribution in [2.24, 2.45) is 0 Å². The molecule has 0 saturated carbocycles. The van der Waals surface area contributed by atoms with Crippen LogP contribution in [-0.4, -0.2) is 0 Å². The van der Waals surface area contributed by atoms with Crippen LogP contribution in [0.15, 0.2) is 89.5 Å². The second kappa shape index (κ2) is 4.61. The van der Waals surface area contributed by atoms with E-state index < -0.39 is 0 Å². The SMILES string of the molecule is c1cc2ccc3ccc(-c4coc5ccccc45)c4ccc(c1)c2c34.